The number of aryl methyl sites for hydroxylation is 2. The number of methoxy groups -OCH3 is 1. The first-order chi connectivity index (χ1) is 17.0. The molecule has 0 saturated carbocycles. The van der Waals surface area contributed by atoms with Gasteiger partial charge in [-0.3, -0.25) is 9.59 Å². The zero-order valence-electron chi connectivity index (χ0n) is 20.1. The average Bonchev–Trinajstić information content (AvgIpc) is 3.23. The summed E-state index contributed by atoms with van der Waals surface area (Å²) in [4.78, 5) is 29.9. The smallest absolute Gasteiger partial charge is 0.251 e. The molecule has 4 rings (SSSR count). The summed E-state index contributed by atoms with van der Waals surface area (Å²) >= 11 is 0. The van der Waals surface area contributed by atoms with E-state index in [0.717, 1.165) is 33.7 Å². The lowest BCUT2D eigenvalue weighted by atomic mass is 10.1. The Balaban J connectivity index is 1.35. The lowest BCUT2D eigenvalue weighted by Gasteiger charge is -2.11. The average molecular weight is 471 g/mol. The minimum Gasteiger partial charge on any atom is -0.497 e. The lowest BCUT2D eigenvalue weighted by molar-refractivity contribution is -0.121. The summed E-state index contributed by atoms with van der Waals surface area (Å²) in [6, 6.07) is 22.9. The second kappa shape index (κ2) is 11.3. The number of para-hydroxylation sites is 2. The summed E-state index contributed by atoms with van der Waals surface area (Å²) in [7, 11) is 1.63. The van der Waals surface area contributed by atoms with E-state index in [0.29, 0.717) is 31.5 Å². The van der Waals surface area contributed by atoms with Crippen LogP contribution in [0, 0.1) is 6.92 Å². The number of nitrogens with one attached hydrogen (secondary N) is 2. The number of nitrogens with zero attached hydrogens (tertiary/aromatic N) is 2. The van der Waals surface area contributed by atoms with E-state index in [2.05, 4.69) is 10.6 Å². The molecule has 0 bridgehead atoms. The molecule has 180 valence electrons. The van der Waals surface area contributed by atoms with Gasteiger partial charge in [0.1, 0.15) is 18.1 Å². The van der Waals surface area contributed by atoms with Crippen LogP contribution in [0.4, 0.5) is 0 Å². The molecular formula is C28H30N4O3. The van der Waals surface area contributed by atoms with Crippen molar-refractivity contribution >= 4 is 22.8 Å². The maximum absolute atomic E-state index is 12.8. The number of aromatic nitrogens is 2. The molecule has 2 N–H and O–H groups in total. The van der Waals surface area contributed by atoms with Crippen molar-refractivity contribution in [2.24, 2.45) is 0 Å². The minimum absolute atomic E-state index is 0.0853. The molecule has 0 aliphatic heterocycles. The Hall–Kier alpha value is -4.13. The normalized spacial score (nSPS) is 10.8. The van der Waals surface area contributed by atoms with E-state index in [9.17, 15) is 9.59 Å². The van der Waals surface area contributed by atoms with Crippen molar-refractivity contribution in [3.8, 4) is 5.75 Å². The predicted octanol–water partition coefficient (Wildman–Crippen LogP) is 4.03. The van der Waals surface area contributed by atoms with E-state index in [4.69, 9.17) is 9.72 Å². The molecule has 35 heavy (non-hydrogen) atoms. The SMILES string of the molecule is COc1ccc(CNC(=O)Cn2c(CCCNC(=O)c3ccc(C)cc3)nc3ccccc32)cc1. The second-order valence-corrected chi connectivity index (χ2v) is 8.45. The first-order valence-corrected chi connectivity index (χ1v) is 11.7. The molecule has 0 unspecified atom stereocenters. The fourth-order valence-corrected chi connectivity index (χ4v) is 3.89. The summed E-state index contributed by atoms with van der Waals surface area (Å²) in [5.74, 6) is 1.44. The Bertz CT molecular complexity index is 1290. The lowest BCUT2D eigenvalue weighted by Crippen LogP contribution is -2.28. The monoisotopic (exact) mass is 470 g/mol. The summed E-state index contributed by atoms with van der Waals surface area (Å²) < 4.78 is 7.14. The Morgan fingerprint density at radius 3 is 2.43 bits per heavy atom. The van der Waals surface area contributed by atoms with Gasteiger partial charge in [-0.25, -0.2) is 4.98 Å². The van der Waals surface area contributed by atoms with Crippen LogP contribution < -0.4 is 15.4 Å². The van der Waals surface area contributed by atoms with E-state index in [-0.39, 0.29) is 18.4 Å². The quantitative estimate of drug-likeness (QED) is 0.343. The van der Waals surface area contributed by atoms with Crippen molar-refractivity contribution in [2.45, 2.75) is 32.9 Å². The molecular weight excluding hydrogens is 440 g/mol. The summed E-state index contributed by atoms with van der Waals surface area (Å²) in [6.07, 6.45) is 1.36. The molecule has 0 saturated heterocycles. The zero-order chi connectivity index (χ0) is 24.6. The maximum Gasteiger partial charge on any atom is 0.251 e. The molecule has 0 spiro atoms. The number of hydrogen-bond acceptors (Lipinski definition) is 4. The molecule has 1 aromatic heterocycles. The molecule has 0 aliphatic rings. The van der Waals surface area contributed by atoms with Gasteiger partial charge >= 0.3 is 0 Å². The highest BCUT2D eigenvalue weighted by atomic mass is 16.5. The van der Waals surface area contributed by atoms with Crippen LogP contribution in [0.2, 0.25) is 0 Å². The maximum atomic E-state index is 12.8. The van der Waals surface area contributed by atoms with Gasteiger partial charge in [0.25, 0.3) is 5.91 Å². The van der Waals surface area contributed by atoms with Gasteiger partial charge in [0.15, 0.2) is 0 Å². The molecule has 3 aromatic carbocycles. The largest absolute Gasteiger partial charge is 0.497 e. The molecule has 7 heteroatoms. The van der Waals surface area contributed by atoms with Crippen LogP contribution >= 0.6 is 0 Å². The van der Waals surface area contributed by atoms with Crippen LogP contribution in [0.15, 0.2) is 72.8 Å². The number of amides is 2. The third-order valence-corrected chi connectivity index (χ3v) is 5.86. The molecule has 0 radical (unpaired) electrons. The number of carbonyl (C=O) groups excluding carboxylic acids is 2. The van der Waals surface area contributed by atoms with Gasteiger partial charge in [-0.05, 0) is 55.3 Å². The number of carbonyl (C=O) groups is 2. The van der Waals surface area contributed by atoms with Gasteiger partial charge in [-0.1, -0.05) is 42.0 Å². The topological polar surface area (TPSA) is 85.2 Å². The van der Waals surface area contributed by atoms with Gasteiger partial charge in [0.05, 0.1) is 18.1 Å². The molecule has 0 fully saturated rings. The summed E-state index contributed by atoms with van der Waals surface area (Å²) in [5, 5.41) is 5.95. The van der Waals surface area contributed by atoms with E-state index >= 15 is 0 Å². The Labute approximate surface area is 205 Å². The number of fused-ring (bicyclic) bond motifs is 1. The standard InChI is InChI=1S/C28H30N4O3/c1-20-9-13-22(14-10-20)28(34)29-17-5-8-26-31-24-6-3-4-7-25(24)32(26)19-27(33)30-18-21-11-15-23(35-2)16-12-21/h3-4,6-7,9-16H,5,8,17-19H2,1-2H3,(H,29,34)(H,30,33). The highest BCUT2D eigenvalue weighted by molar-refractivity contribution is 5.94. The van der Waals surface area contributed by atoms with Crippen molar-refractivity contribution in [3.05, 3.63) is 95.3 Å². The van der Waals surface area contributed by atoms with Gasteiger partial charge in [0.2, 0.25) is 5.91 Å². The van der Waals surface area contributed by atoms with Crippen molar-refractivity contribution in [3.63, 3.8) is 0 Å². The number of ether oxygens (including phenoxy) is 1. The van der Waals surface area contributed by atoms with E-state index in [1.807, 2.05) is 84.3 Å². The molecule has 0 aliphatic carbocycles. The number of hydrogen-bond donors (Lipinski definition) is 2. The van der Waals surface area contributed by atoms with Crippen LogP contribution in [0.5, 0.6) is 5.75 Å². The third-order valence-electron chi connectivity index (χ3n) is 5.86. The number of benzene rings is 3. The molecule has 1 heterocycles. The number of rotatable bonds is 10. The summed E-state index contributed by atoms with van der Waals surface area (Å²) in [5.41, 5.74) is 4.55. The van der Waals surface area contributed by atoms with Crippen molar-refractivity contribution in [2.75, 3.05) is 13.7 Å². The van der Waals surface area contributed by atoms with Crippen molar-refractivity contribution < 1.29 is 14.3 Å². The van der Waals surface area contributed by atoms with E-state index in [1.165, 1.54) is 0 Å². The molecule has 2 amide bonds. The van der Waals surface area contributed by atoms with E-state index in [1.54, 1.807) is 7.11 Å². The minimum atomic E-state index is -0.0867. The van der Waals surface area contributed by atoms with Gasteiger partial charge in [-0.15, -0.1) is 0 Å². The van der Waals surface area contributed by atoms with Crippen molar-refractivity contribution in [1.82, 2.24) is 20.2 Å². The fourth-order valence-electron chi connectivity index (χ4n) is 3.89. The Morgan fingerprint density at radius 1 is 0.943 bits per heavy atom. The highest BCUT2D eigenvalue weighted by Crippen LogP contribution is 2.17. The van der Waals surface area contributed by atoms with E-state index < -0.39 is 0 Å². The first-order valence-electron chi connectivity index (χ1n) is 11.7. The van der Waals surface area contributed by atoms with Gasteiger partial charge in [0, 0.05) is 25.1 Å². The fraction of sp³-hybridized carbons (Fsp3) is 0.250. The molecule has 0 atom stereocenters. The zero-order valence-corrected chi connectivity index (χ0v) is 20.1. The van der Waals surface area contributed by atoms with Crippen LogP contribution in [0.3, 0.4) is 0 Å². The van der Waals surface area contributed by atoms with Crippen LogP contribution in [-0.2, 0) is 24.3 Å². The number of imidazole rings is 1. The second-order valence-electron chi connectivity index (χ2n) is 8.45. The Kier molecular flexibility index (Phi) is 7.77. The highest BCUT2D eigenvalue weighted by Gasteiger charge is 2.14. The molecule has 4 aromatic rings. The first kappa shape index (κ1) is 24.0. The Morgan fingerprint density at radius 2 is 1.69 bits per heavy atom. The third kappa shape index (κ3) is 6.26. The predicted molar refractivity (Wildman–Crippen MR) is 136 cm³/mol. The van der Waals surface area contributed by atoms with Crippen LogP contribution in [0.1, 0.15) is 33.7 Å². The van der Waals surface area contributed by atoms with Gasteiger partial charge < -0.3 is 19.9 Å². The van der Waals surface area contributed by atoms with Crippen LogP contribution in [-0.4, -0.2) is 35.0 Å². The molecule has 7 nitrogen and oxygen atoms in total. The van der Waals surface area contributed by atoms with Crippen LogP contribution in [0.25, 0.3) is 11.0 Å². The summed E-state index contributed by atoms with van der Waals surface area (Å²) in [6.45, 7) is 3.14. The van der Waals surface area contributed by atoms with Gasteiger partial charge in [-0.2, -0.15) is 0 Å². The van der Waals surface area contributed by atoms with Crippen molar-refractivity contribution in [1.29, 1.82) is 0 Å².